The van der Waals surface area contributed by atoms with E-state index >= 15 is 0 Å². The lowest BCUT2D eigenvalue weighted by Crippen LogP contribution is -2.14. The van der Waals surface area contributed by atoms with Crippen LogP contribution in [0, 0.1) is 0 Å². The van der Waals surface area contributed by atoms with Gasteiger partial charge >= 0.3 is 0 Å². The van der Waals surface area contributed by atoms with Gasteiger partial charge in [0, 0.05) is 43.2 Å². The normalized spacial score (nSPS) is 11.5. The van der Waals surface area contributed by atoms with Crippen LogP contribution in [0.1, 0.15) is 11.1 Å². The van der Waals surface area contributed by atoms with E-state index in [2.05, 4.69) is 20.6 Å². The van der Waals surface area contributed by atoms with Gasteiger partial charge in [0.15, 0.2) is 0 Å². The number of anilines is 5. The largest absolute Gasteiger partial charge is 0.352 e. The van der Waals surface area contributed by atoms with Gasteiger partial charge < -0.3 is 20.1 Å². The number of hydrogen-bond donors (Lipinski definition) is 3. The van der Waals surface area contributed by atoms with E-state index in [-0.39, 0.29) is 5.75 Å². The summed E-state index contributed by atoms with van der Waals surface area (Å²) in [6, 6.07) is 22.5. The van der Waals surface area contributed by atoms with Gasteiger partial charge in [-0.25, -0.2) is 23.5 Å². The predicted molar refractivity (Wildman–Crippen MR) is 156 cm³/mol. The molecule has 0 amide bonds. The molecule has 200 valence electrons. The maximum absolute atomic E-state index is 11.3. The molecule has 0 atom stereocenters. The number of hydrogen-bond acceptors (Lipinski definition) is 8. The fourth-order valence-corrected chi connectivity index (χ4v) is 4.90. The molecule has 0 saturated carbocycles. The van der Waals surface area contributed by atoms with Gasteiger partial charge in [-0.05, 0) is 59.7 Å². The molecule has 39 heavy (non-hydrogen) atoms. The van der Waals surface area contributed by atoms with E-state index in [4.69, 9.17) is 21.7 Å². The number of aryl methyl sites for hydroxylation is 1. The average molecular weight is 563 g/mol. The maximum Gasteiger partial charge on any atom is 0.229 e. The number of primary sulfonamides is 1. The molecule has 0 bridgehead atoms. The molecule has 3 aromatic carbocycles. The lowest BCUT2D eigenvalue weighted by atomic mass is 10.2. The zero-order chi connectivity index (χ0) is 27.6. The van der Waals surface area contributed by atoms with Crippen LogP contribution in [-0.4, -0.2) is 35.0 Å². The second-order valence-electron chi connectivity index (χ2n) is 9.07. The van der Waals surface area contributed by atoms with Crippen molar-refractivity contribution in [1.82, 2.24) is 19.5 Å². The van der Waals surface area contributed by atoms with Gasteiger partial charge in [-0.2, -0.15) is 4.98 Å². The number of halogens is 1. The molecular weight excluding hydrogens is 536 g/mol. The lowest BCUT2D eigenvalue weighted by molar-refractivity contribution is 0.597. The molecule has 0 radical (unpaired) electrons. The van der Waals surface area contributed by atoms with Crippen molar-refractivity contribution in [3.63, 3.8) is 0 Å². The van der Waals surface area contributed by atoms with E-state index in [1.165, 1.54) is 0 Å². The van der Waals surface area contributed by atoms with Crippen molar-refractivity contribution >= 4 is 61.7 Å². The van der Waals surface area contributed by atoms with Crippen molar-refractivity contribution < 1.29 is 8.42 Å². The first-order valence-electron chi connectivity index (χ1n) is 12.0. The molecule has 12 heteroatoms. The number of aromatic nitrogens is 4. The maximum atomic E-state index is 11.3. The zero-order valence-electron chi connectivity index (χ0n) is 21.3. The first kappa shape index (κ1) is 26.4. The summed E-state index contributed by atoms with van der Waals surface area (Å²) in [5.41, 5.74) is 5.21. The van der Waals surface area contributed by atoms with Crippen LogP contribution in [0.2, 0.25) is 5.02 Å². The standard InChI is InChI=1S/C27H27ClN8O2S/c1-35(25-13-14-30-26(34-25)32-21-9-5-19(6-10-21)17-39(29,37)38)22-11-12-24-23(15-22)33-27(36(24)2)31-16-18-3-7-20(28)8-4-18/h3-15H,16-17H2,1-2H3,(H,31,33)(H2,29,37,38)(H,30,32,34). The minimum absolute atomic E-state index is 0.218. The minimum Gasteiger partial charge on any atom is -0.352 e. The van der Waals surface area contributed by atoms with E-state index in [9.17, 15) is 8.42 Å². The zero-order valence-corrected chi connectivity index (χ0v) is 22.9. The van der Waals surface area contributed by atoms with Gasteiger partial charge in [0.1, 0.15) is 5.82 Å². The van der Waals surface area contributed by atoms with Gasteiger partial charge in [-0.15, -0.1) is 0 Å². The molecule has 0 fully saturated rings. The van der Waals surface area contributed by atoms with Gasteiger partial charge in [-0.3, -0.25) is 0 Å². The Morgan fingerprint density at radius 1 is 0.974 bits per heavy atom. The Bertz CT molecular complexity index is 1720. The van der Waals surface area contributed by atoms with Gasteiger partial charge in [0.25, 0.3) is 0 Å². The van der Waals surface area contributed by atoms with Crippen LogP contribution >= 0.6 is 11.6 Å². The summed E-state index contributed by atoms with van der Waals surface area (Å²) in [6.07, 6.45) is 1.68. The number of nitrogens with zero attached hydrogens (tertiary/aromatic N) is 5. The fourth-order valence-electron chi connectivity index (χ4n) is 4.11. The van der Waals surface area contributed by atoms with E-state index in [1.54, 1.807) is 30.5 Å². The van der Waals surface area contributed by atoms with E-state index in [0.717, 1.165) is 33.9 Å². The summed E-state index contributed by atoms with van der Waals surface area (Å²) in [5.74, 6) is 1.65. The molecule has 10 nitrogen and oxygen atoms in total. The summed E-state index contributed by atoms with van der Waals surface area (Å²) in [6.45, 7) is 0.632. The molecule has 4 N–H and O–H groups in total. The molecule has 0 spiro atoms. The molecular formula is C27H27ClN8O2S. The summed E-state index contributed by atoms with van der Waals surface area (Å²) in [5, 5.41) is 12.4. The Hall–Kier alpha value is -4.19. The third kappa shape index (κ3) is 6.45. The minimum atomic E-state index is -3.59. The Kier molecular flexibility index (Phi) is 7.38. The van der Waals surface area contributed by atoms with Gasteiger partial charge in [0.05, 0.1) is 16.8 Å². The van der Waals surface area contributed by atoms with Crippen LogP contribution in [0.5, 0.6) is 0 Å². The molecule has 0 aliphatic carbocycles. The highest BCUT2D eigenvalue weighted by Gasteiger charge is 2.13. The smallest absolute Gasteiger partial charge is 0.229 e. The Morgan fingerprint density at radius 3 is 2.41 bits per heavy atom. The fraction of sp³-hybridized carbons (Fsp3) is 0.148. The van der Waals surface area contributed by atoms with E-state index in [1.807, 2.05) is 72.1 Å². The number of imidazole rings is 1. The molecule has 2 heterocycles. The number of sulfonamides is 1. The molecule has 2 aromatic heterocycles. The van der Waals surface area contributed by atoms with Crippen LogP contribution in [0.3, 0.4) is 0 Å². The SMILES string of the molecule is CN(c1ccc2c(c1)nc(NCc1ccc(Cl)cc1)n2C)c1ccnc(Nc2ccc(CS(N)(=O)=O)cc2)n1. The Morgan fingerprint density at radius 2 is 1.69 bits per heavy atom. The van der Waals surface area contributed by atoms with Gasteiger partial charge in [-0.1, -0.05) is 35.9 Å². The van der Waals surface area contributed by atoms with Crippen molar-refractivity contribution in [3.05, 3.63) is 95.1 Å². The molecule has 0 unspecified atom stereocenters. The summed E-state index contributed by atoms with van der Waals surface area (Å²) in [4.78, 5) is 15.7. The van der Waals surface area contributed by atoms with E-state index in [0.29, 0.717) is 28.9 Å². The number of fused-ring (bicyclic) bond motifs is 1. The summed E-state index contributed by atoms with van der Waals surface area (Å²) >= 11 is 5.99. The number of nitrogens with one attached hydrogen (secondary N) is 2. The average Bonchev–Trinajstić information content (AvgIpc) is 3.23. The topological polar surface area (TPSA) is 131 Å². The number of benzene rings is 3. The van der Waals surface area contributed by atoms with Crippen molar-refractivity contribution in [2.24, 2.45) is 12.2 Å². The summed E-state index contributed by atoms with van der Waals surface area (Å²) in [7, 11) is 0.322. The van der Waals surface area contributed by atoms with Gasteiger partial charge in [0.2, 0.25) is 21.9 Å². The van der Waals surface area contributed by atoms with E-state index < -0.39 is 10.0 Å². The predicted octanol–water partition coefficient (Wildman–Crippen LogP) is 4.93. The lowest BCUT2D eigenvalue weighted by Gasteiger charge is -2.19. The number of nitrogens with two attached hydrogens (primary N) is 1. The van der Waals surface area contributed by atoms with Crippen LogP contribution in [0.25, 0.3) is 11.0 Å². The van der Waals surface area contributed by atoms with Crippen LogP contribution in [0.15, 0.2) is 79.0 Å². The monoisotopic (exact) mass is 562 g/mol. The second-order valence-corrected chi connectivity index (χ2v) is 11.1. The highest BCUT2D eigenvalue weighted by atomic mass is 35.5. The highest BCUT2D eigenvalue weighted by molar-refractivity contribution is 7.88. The Labute approximate surface area is 231 Å². The van der Waals surface area contributed by atoms with Crippen molar-refractivity contribution in [3.8, 4) is 0 Å². The molecule has 0 aliphatic rings. The van der Waals surface area contributed by atoms with Crippen LogP contribution in [0.4, 0.5) is 29.1 Å². The Balaban J connectivity index is 1.30. The van der Waals surface area contributed by atoms with Crippen LogP contribution in [-0.2, 0) is 29.4 Å². The first-order valence-corrected chi connectivity index (χ1v) is 14.1. The quantitative estimate of drug-likeness (QED) is 0.230. The molecule has 5 rings (SSSR count). The second kappa shape index (κ2) is 10.9. The third-order valence-corrected chi connectivity index (χ3v) is 7.17. The molecule has 5 aromatic rings. The number of rotatable bonds is 9. The molecule has 0 aliphatic heterocycles. The third-order valence-electron chi connectivity index (χ3n) is 6.18. The first-order chi connectivity index (χ1) is 18.6. The molecule has 0 saturated heterocycles. The van der Waals surface area contributed by atoms with Crippen molar-refractivity contribution in [2.75, 3.05) is 22.6 Å². The highest BCUT2D eigenvalue weighted by Crippen LogP contribution is 2.28. The summed E-state index contributed by atoms with van der Waals surface area (Å²) < 4.78 is 24.6. The van der Waals surface area contributed by atoms with Crippen LogP contribution < -0.4 is 20.7 Å². The van der Waals surface area contributed by atoms with Crippen molar-refractivity contribution in [1.29, 1.82) is 0 Å². The van der Waals surface area contributed by atoms with Crippen molar-refractivity contribution in [2.45, 2.75) is 12.3 Å².